The summed E-state index contributed by atoms with van der Waals surface area (Å²) in [6.07, 6.45) is 0.891. The van der Waals surface area contributed by atoms with Crippen LogP contribution in [0.2, 0.25) is 5.02 Å². The average molecular weight is 287 g/mol. The van der Waals surface area contributed by atoms with Gasteiger partial charge in [-0.25, -0.2) is 0 Å². The zero-order valence-electron chi connectivity index (χ0n) is 8.61. The fourth-order valence-electron chi connectivity index (χ4n) is 1.16. The summed E-state index contributed by atoms with van der Waals surface area (Å²) in [5, 5.41) is 4.07. The third-order valence-electron chi connectivity index (χ3n) is 1.93. The molecule has 0 heterocycles. The standard InChI is InChI=1S/C12H13BrClN/c1-2-3-4-7-15-9-10-5-6-11(14)8-12(10)13/h5-6,8,15H,4,7,9H2,1H3. The first-order valence-electron chi connectivity index (χ1n) is 4.78. The summed E-state index contributed by atoms with van der Waals surface area (Å²) in [6, 6.07) is 5.82. The molecular formula is C12H13BrClN. The molecule has 1 rings (SSSR count). The van der Waals surface area contributed by atoms with E-state index in [2.05, 4.69) is 33.1 Å². The highest BCUT2D eigenvalue weighted by Gasteiger charge is 1.99. The maximum Gasteiger partial charge on any atom is 0.0417 e. The number of halogens is 2. The van der Waals surface area contributed by atoms with Crippen LogP contribution in [0.5, 0.6) is 0 Å². The van der Waals surface area contributed by atoms with E-state index < -0.39 is 0 Å². The van der Waals surface area contributed by atoms with Gasteiger partial charge in [-0.15, -0.1) is 11.8 Å². The molecule has 0 aliphatic carbocycles. The van der Waals surface area contributed by atoms with Crippen LogP contribution in [0.1, 0.15) is 18.9 Å². The van der Waals surface area contributed by atoms with E-state index in [-0.39, 0.29) is 0 Å². The Balaban J connectivity index is 2.39. The third kappa shape index (κ3) is 4.70. The molecule has 0 aliphatic rings. The molecule has 0 unspecified atom stereocenters. The Kier molecular flexibility index (Phi) is 5.78. The predicted octanol–water partition coefficient (Wildman–Crippen LogP) is 3.61. The Morgan fingerprint density at radius 2 is 2.27 bits per heavy atom. The van der Waals surface area contributed by atoms with Gasteiger partial charge in [0.15, 0.2) is 0 Å². The third-order valence-corrected chi connectivity index (χ3v) is 2.91. The van der Waals surface area contributed by atoms with Crippen molar-refractivity contribution in [1.82, 2.24) is 5.32 Å². The van der Waals surface area contributed by atoms with Gasteiger partial charge in [0.25, 0.3) is 0 Å². The van der Waals surface area contributed by atoms with Crippen LogP contribution in [-0.2, 0) is 6.54 Å². The summed E-state index contributed by atoms with van der Waals surface area (Å²) in [5.41, 5.74) is 1.21. The van der Waals surface area contributed by atoms with Crippen LogP contribution in [0.4, 0.5) is 0 Å². The summed E-state index contributed by atoms with van der Waals surface area (Å²) in [5.74, 6) is 5.88. The average Bonchev–Trinajstić information content (AvgIpc) is 2.20. The van der Waals surface area contributed by atoms with E-state index in [1.54, 1.807) is 0 Å². The second-order valence-corrected chi connectivity index (χ2v) is 4.38. The number of benzene rings is 1. The molecule has 80 valence electrons. The lowest BCUT2D eigenvalue weighted by Crippen LogP contribution is -2.14. The molecule has 15 heavy (non-hydrogen) atoms. The molecule has 1 aromatic rings. The van der Waals surface area contributed by atoms with Crippen LogP contribution in [0.3, 0.4) is 0 Å². The van der Waals surface area contributed by atoms with Crippen molar-refractivity contribution in [2.75, 3.05) is 6.54 Å². The quantitative estimate of drug-likeness (QED) is 0.659. The normalized spacial score (nSPS) is 9.53. The SMILES string of the molecule is CC#CCCNCc1ccc(Cl)cc1Br. The Morgan fingerprint density at radius 1 is 1.47 bits per heavy atom. The van der Waals surface area contributed by atoms with E-state index in [0.29, 0.717) is 0 Å². The van der Waals surface area contributed by atoms with Gasteiger partial charge in [0.2, 0.25) is 0 Å². The molecular weight excluding hydrogens is 273 g/mol. The highest BCUT2D eigenvalue weighted by molar-refractivity contribution is 9.10. The van der Waals surface area contributed by atoms with Gasteiger partial charge in [0.05, 0.1) is 0 Å². The fourth-order valence-corrected chi connectivity index (χ4v) is 1.99. The second-order valence-electron chi connectivity index (χ2n) is 3.09. The van der Waals surface area contributed by atoms with Crippen molar-refractivity contribution in [2.45, 2.75) is 19.9 Å². The van der Waals surface area contributed by atoms with Crippen molar-refractivity contribution < 1.29 is 0 Å². The van der Waals surface area contributed by atoms with Crippen molar-refractivity contribution in [3.05, 3.63) is 33.3 Å². The monoisotopic (exact) mass is 285 g/mol. The maximum absolute atomic E-state index is 5.85. The lowest BCUT2D eigenvalue weighted by Gasteiger charge is -2.05. The van der Waals surface area contributed by atoms with Crippen molar-refractivity contribution in [2.24, 2.45) is 0 Å². The fraction of sp³-hybridized carbons (Fsp3) is 0.333. The minimum Gasteiger partial charge on any atom is -0.312 e. The lowest BCUT2D eigenvalue weighted by atomic mass is 10.2. The Labute approximate surface area is 104 Å². The van der Waals surface area contributed by atoms with Gasteiger partial charge in [-0.2, -0.15) is 0 Å². The minimum absolute atomic E-state index is 0.752. The van der Waals surface area contributed by atoms with Crippen LogP contribution < -0.4 is 5.32 Å². The second kappa shape index (κ2) is 6.90. The van der Waals surface area contributed by atoms with E-state index in [4.69, 9.17) is 11.6 Å². The Hall–Kier alpha value is -0.490. The zero-order valence-corrected chi connectivity index (χ0v) is 11.0. The molecule has 1 N–H and O–H groups in total. The highest BCUT2D eigenvalue weighted by atomic mass is 79.9. The zero-order chi connectivity index (χ0) is 11.1. The molecule has 0 fully saturated rings. The smallest absolute Gasteiger partial charge is 0.0417 e. The van der Waals surface area contributed by atoms with Gasteiger partial charge >= 0.3 is 0 Å². The largest absolute Gasteiger partial charge is 0.312 e. The number of nitrogens with one attached hydrogen (secondary N) is 1. The number of hydrogen-bond donors (Lipinski definition) is 1. The molecule has 3 heteroatoms. The molecule has 1 nitrogen and oxygen atoms in total. The number of hydrogen-bond acceptors (Lipinski definition) is 1. The summed E-state index contributed by atoms with van der Waals surface area (Å²) < 4.78 is 1.05. The minimum atomic E-state index is 0.752. The molecule has 0 saturated heterocycles. The van der Waals surface area contributed by atoms with Gasteiger partial charge in [-0.05, 0) is 24.6 Å². The molecule has 0 aliphatic heterocycles. The lowest BCUT2D eigenvalue weighted by molar-refractivity contribution is 0.699. The van der Waals surface area contributed by atoms with E-state index >= 15 is 0 Å². The van der Waals surface area contributed by atoms with E-state index in [1.807, 2.05) is 25.1 Å². The van der Waals surface area contributed by atoms with Gasteiger partial charge in [-0.1, -0.05) is 33.6 Å². The highest BCUT2D eigenvalue weighted by Crippen LogP contribution is 2.21. The summed E-state index contributed by atoms with van der Waals surface area (Å²) in [7, 11) is 0. The van der Waals surface area contributed by atoms with Gasteiger partial charge in [0, 0.05) is 29.0 Å². The van der Waals surface area contributed by atoms with Crippen molar-refractivity contribution >= 4 is 27.5 Å². The predicted molar refractivity (Wildman–Crippen MR) is 68.9 cm³/mol. The van der Waals surface area contributed by atoms with E-state index in [9.17, 15) is 0 Å². The first-order valence-corrected chi connectivity index (χ1v) is 5.95. The summed E-state index contributed by atoms with van der Waals surface area (Å²) in [6.45, 7) is 3.61. The summed E-state index contributed by atoms with van der Waals surface area (Å²) >= 11 is 9.33. The molecule has 0 radical (unpaired) electrons. The molecule has 0 saturated carbocycles. The van der Waals surface area contributed by atoms with E-state index in [0.717, 1.165) is 29.0 Å². The molecule has 1 aromatic carbocycles. The van der Waals surface area contributed by atoms with Crippen LogP contribution in [0.25, 0.3) is 0 Å². The van der Waals surface area contributed by atoms with Gasteiger partial charge in [0.1, 0.15) is 0 Å². The number of rotatable bonds is 4. The molecule has 0 atom stereocenters. The van der Waals surface area contributed by atoms with Crippen LogP contribution in [0.15, 0.2) is 22.7 Å². The Morgan fingerprint density at radius 3 is 2.93 bits per heavy atom. The molecule has 0 spiro atoms. The summed E-state index contributed by atoms with van der Waals surface area (Å²) in [4.78, 5) is 0. The van der Waals surface area contributed by atoms with Crippen molar-refractivity contribution in [3.63, 3.8) is 0 Å². The van der Waals surface area contributed by atoms with Gasteiger partial charge in [-0.3, -0.25) is 0 Å². The first kappa shape index (κ1) is 12.6. The van der Waals surface area contributed by atoms with Crippen LogP contribution in [0, 0.1) is 11.8 Å². The maximum atomic E-state index is 5.85. The van der Waals surface area contributed by atoms with Crippen molar-refractivity contribution in [3.8, 4) is 11.8 Å². The Bertz CT molecular complexity index is 379. The topological polar surface area (TPSA) is 12.0 Å². The first-order chi connectivity index (χ1) is 7.24. The van der Waals surface area contributed by atoms with E-state index in [1.165, 1.54) is 5.56 Å². The molecule has 0 aromatic heterocycles. The van der Waals surface area contributed by atoms with Crippen LogP contribution >= 0.6 is 27.5 Å². The molecule has 0 bridgehead atoms. The van der Waals surface area contributed by atoms with Gasteiger partial charge < -0.3 is 5.32 Å². The molecule has 0 amide bonds. The van der Waals surface area contributed by atoms with Crippen molar-refractivity contribution in [1.29, 1.82) is 0 Å². The van der Waals surface area contributed by atoms with Crippen LogP contribution in [-0.4, -0.2) is 6.54 Å².